The summed E-state index contributed by atoms with van der Waals surface area (Å²) in [6.07, 6.45) is 2.15. The molecule has 0 radical (unpaired) electrons. The highest BCUT2D eigenvalue weighted by Gasteiger charge is 2.35. The molecule has 0 aliphatic carbocycles. The third-order valence-corrected chi connectivity index (χ3v) is 7.54. The molecule has 0 aromatic heterocycles. The molecule has 7 heteroatoms. The monoisotopic (exact) mass is 428 g/mol. The van der Waals surface area contributed by atoms with Crippen molar-refractivity contribution in [3.8, 4) is 5.75 Å². The van der Waals surface area contributed by atoms with Gasteiger partial charge in [0.25, 0.3) is 5.91 Å². The summed E-state index contributed by atoms with van der Waals surface area (Å²) in [5.41, 5.74) is 2.67. The van der Waals surface area contributed by atoms with Gasteiger partial charge < -0.3 is 10.1 Å². The summed E-state index contributed by atoms with van der Waals surface area (Å²) in [4.78, 5) is 13.1. The number of benzene rings is 2. The number of hydrogen-bond acceptors (Lipinski definition) is 4. The third kappa shape index (κ3) is 4.17. The zero-order valence-corrected chi connectivity index (χ0v) is 18.5. The average Bonchev–Trinajstić information content (AvgIpc) is 2.67. The Hall–Kier alpha value is -2.54. The first-order valence-corrected chi connectivity index (χ1v) is 12.0. The summed E-state index contributed by atoms with van der Waals surface area (Å²) in [5.74, 6) is 0.716. The van der Waals surface area contributed by atoms with Crippen LogP contribution in [0, 0.1) is 6.92 Å². The van der Waals surface area contributed by atoms with Crippen molar-refractivity contribution in [3.05, 3.63) is 59.2 Å². The zero-order valence-electron chi connectivity index (χ0n) is 17.6. The molecule has 2 aliphatic rings. The van der Waals surface area contributed by atoms with Gasteiger partial charge in [-0.3, -0.25) is 9.10 Å². The van der Waals surface area contributed by atoms with Gasteiger partial charge >= 0.3 is 0 Å². The lowest BCUT2D eigenvalue weighted by Crippen LogP contribution is -2.41. The van der Waals surface area contributed by atoms with Crippen LogP contribution >= 0.6 is 0 Å². The predicted molar refractivity (Wildman–Crippen MR) is 118 cm³/mol. The Morgan fingerprint density at radius 3 is 2.73 bits per heavy atom. The first-order chi connectivity index (χ1) is 14.1. The topological polar surface area (TPSA) is 75.7 Å². The number of nitrogens with one attached hydrogen (secondary N) is 1. The number of carbonyl (C=O) groups excluding carboxylic acids is 1. The smallest absolute Gasteiger partial charge is 0.251 e. The highest BCUT2D eigenvalue weighted by Crippen LogP contribution is 2.40. The lowest BCUT2D eigenvalue weighted by atomic mass is 9.88. The molecule has 0 saturated carbocycles. The SMILES string of the molecule is Cc1ccc2c(c1)[C@@H](NC(=O)c1cccc(N3CCCCS3(=O)=O)c1)CC(C)(C)O2. The zero-order chi connectivity index (χ0) is 21.5. The minimum atomic E-state index is -3.32. The minimum Gasteiger partial charge on any atom is -0.487 e. The second-order valence-corrected chi connectivity index (χ2v) is 10.8. The van der Waals surface area contributed by atoms with Crippen molar-refractivity contribution >= 4 is 21.6 Å². The van der Waals surface area contributed by atoms with Gasteiger partial charge in [0.1, 0.15) is 11.4 Å². The van der Waals surface area contributed by atoms with E-state index in [2.05, 4.69) is 5.32 Å². The largest absolute Gasteiger partial charge is 0.487 e. The summed E-state index contributed by atoms with van der Waals surface area (Å²) < 4.78 is 32.4. The van der Waals surface area contributed by atoms with Crippen molar-refractivity contribution in [3.63, 3.8) is 0 Å². The Morgan fingerprint density at radius 2 is 1.97 bits per heavy atom. The molecule has 1 fully saturated rings. The standard InChI is InChI=1S/C23H28N2O4S/c1-16-9-10-21-19(13-16)20(15-23(2,3)29-21)24-22(26)17-7-6-8-18(14-17)25-11-4-5-12-30(25,27)28/h6-10,13-14,20H,4-5,11-12,15H2,1-3H3,(H,24,26)/t20-/m0/s1. The molecule has 1 N–H and O–H groups in total. The Balaban J connectivity index is 1.60. The molecular weight excluding hydrogens is 400 g/mol. The van der Waals surface area contributed by atoms with Crippen molar-refractivity contribution in [2.75, 3.05) is 16.6 Å². The fraction of sp³-hybridized carbons (Fsp3) is 0.435. The fourth-order valence-corrected chi connectivity index (χ4v) is 5.86. The molecule has 2 aliphatic heterocycles. The van der Waals surface area contributed by atoms with Crippen LogP contribution in [0.25, 0.3) is 0 Å². The van der Waals surface area contributed by atoms with E-state index in [1.165, 1.54) is 4.31 Å². The maximum Gasteiger partial charge on any atom is 0.251 e. The van der Waals surface area contributed by atoms with Crippen molar-refractivity contribution in [1.29, 1.82) is 0 Å². The van der Waals surface area contributed by atoms with E-state index < -0.39 is 15.6 Å². The van der Waals surface area contributed by atoms with Gasteiger partial charge in [-0.1, -0.05) is 23.8 Å². The van der Waals surface area contributed by atoms with E-state index in [9.17, 15) is 13.2 Å². The Morgan fingerprint density at radius 1 is 1.17 bits per heavy atom. The molecule has 1 atom stereocenters. The first kappa shape index (κ1) is 20.7. The molecule has 0 bridgehead atoms. The molecule has 30 heavy (non-hydrogen) atoms. The van der Waals surface area contributed by atoms with Crippen molar-refractivity contribution in [2.24, 2.45) is 0 Å². The molecule has 1 amide bonds. The summed E-state index contributed by atoms with van der Waals surface area (Å²) >= 11 is 0. The van der Waals surface area contributed by atoms with E-state index in [4.69, 9.17) is 4.74 Å². The van der Waals surface area contributed by atoms with Gasteiger partial charge in [-0.2, -0.15) is 0 Å². The van der Waals surface area contributed by atoms with Crippen molar-refractivity contribution in [1.82, 2.24) is 5.32 Å². The first-order valence-electron chi connectivity index (χ1n) is 10.4. The summed E-state index contributed by atoms with van der Waals surface area (Å²) in [6, 6.07) is 12.7. The highest BCUT2D eigenvalue weighted by molar-refractivity contribution is 7.92. The number of ether oxygens (including phenoxy) is 1. The number of amides is 1. The summed E-state index contributed by atoms with van der Waals surface area (Å²) in [7, 11) is -3.32. The fourth-order valence-electron chi connectivity index (χ4n) is 4.23. The molecular formula is C23H28N2O4S. The number of sulfonamides is 1. The van der Waals surface area contributed by atoms with Crippen LogP contribution in [0.15, 0.2) is 42.5 Å². The lowest BCUT2D eigenvalue weighted by molar-refractivity contribution is 0.0619. The molecule has 160 valence electrons. The van der Waals surface area contributed by atoms with Gasteiger partial charge in [0.15, 0.2) is 0 Å². The van der Waals surface area contributed by atoms with Crippen LogP contribution < -0.4 is 14.4 Å². The number of anilines is 1. The van der Waals surface area contributed by atoms with E-state index in [0.29, 0.717) is 30.6 Å². The molecule has 0 spiro atoms. The molecule has 2 aromatic carbocycles. The number of carbonyl (C=O) groups is 1. The van der Waals surface area contributed by atoms with Crippen LogP contribution in [0.5, 0.6) is 5.75 Å². The minimum absolute atomic E-state index is 0.150. The molecule has 6 nitrogen and oxygen atoms in total. The molecule has 4 rings (SSSR count). The second kappa shape index (κ2) is 7.61. The predicted octanol–water partition coefficient (Wildman–Crippen LogP) is 3.96. The molecule has 1 saturated heterocycles. The Kier molecular flexibility index (Phi) is 5.26. The molecule has 2 heterocycles. The quantitative estimate of drug-likeness (QED) is 0.803. The van der Waals surface area contributed by atoms with Crippen molar-refractivity contribution < 1.29 is 17.9 Å². The van der Waals surface area contributed by atoms with E-state index in [1.54, 1.807) is 24.3 Å². The maximum atomic E-state index is 13.1. The summed E-state index contributed by atoms with van der Waals surface area (Å²) in [5, 5.41) is 3.14. The van der Waals surface area contributed by atoms with Crippen LogP contribution in [-0.2, 0) is 10.0 Å². The Labute approximate surface area is 178 Å². The second-order valence-electron chi connectivity index (χ2n) is 8.78. The van der Waals surface area contributed by atoms with Gasteiger partial charge in [-0.25, -0.2) is 8.42 Å². The van der Waals surface area contributed by atoms with Crippen LogP contribution in [0.1, 0.15) is 60.6 Å². The number of aryl methyl sites for hydroxylation is 1. The van der Waals surface area contributed by atoms with E-state index in [1.807, 2.05) is 39.0 Å². The van der Waals surface area contributed by atoms with Crippen LogP contribution in [0.2, 0.25) is 0 Å². The van der Waals surface area contributed by atoms with Gasteiger partial charge in [-0.15, -0.1) is 0 Å². The van der Waals surface area contributed by atoms with Crippen LogP contribution in [0.3, 0.4) is 0 Å². The number of rotatable bonds is 3. The number of hydrogen-bond donors (Lipinski definition) is 1. The van der Waals surface area contributed by atoms with E-state index in [0.717, 1.165) is 23.3 Å². The van der Waals surface area contributed by atoms with E-state index in [-0.39, 0.29) is 17.7 Å². The van der Waals surface area contributed by atoms with Gasteiger partial charge in [0.05, 0.1) is 17.5 Å². The normalized spacial score (nSPS) is 22.0. The van der Waals surface area contributed by atoms with E-state index >= 15 is 0 Å². The maximum absolute atomic E-state index is 13.1. The van der Waals surface area contributed by atoms with Crippen molar-refractivity contribution in [2.45, 2.75) is 51.7 Å². The third-order valence-electron chi connectivity index (χ3n) is 5.67. The number of nitrogens with zero attached hydrogens (tertiary/aromatic N) is 1. The van der Waals surface area contributed by atoms with Gasteiger partial charge in [0, 0.05) is 24.1 Å². The summed E-state index contributed by atoms with van der Waals surface area (Å²) in [6.45, 7) is 6.49. The Bertz CT molecular complexity index is 1080. The highest BCUT2D eigenvalue weighted by atomic mass is 32.2. The average molecular weight is 429 g/mol. The molecule has 2 aromatic rings. The number of fused-ring (bicyclic) bond motifs is 1. The van der Waals surface area contributed by atoms with Crippen LogP contribution in [0.4, 0.5) is 5.69 Å². The molecule has 0 unspecified atom stereocenters. The lowest BCUT2D eigenvalue weighted by Gasteiger charge is -2.38. The van der Waals surface area contributed by atoms with Gasteiger partial charge in [0.2, 0.25) is 10.0 Å². The van der Waals surface area contributed by atoms with Gasteiger partial charge in [-0.05, 0) is 57.9 Å². The van der Waals surface area contributed by atoms with Crippen LogP contribution in [-0.4, -0.2) is 32.2 Å².